The number of para-hydroxylation sites is 1. The Labute approximate surface area is 91.3 Å². The van der Waals surface area contributed by atoms with Crippen LogP contribution in [0.15, 0.2) is 54.6 Å². The van der Waals surface area contributed by atoms with E-state index in [0.717, 1.165) is 11.5 Å². The Balaban J connectivity index is 0.00000112. The van der Waals surface area contributed by atoms with Crippen LogP contribution < -0.4 is 4.74 Å². The Kier molecular flexibility index (Phi) is 3.92. The number of benzene rings is 2. The van der Waals surface area contributed by atoms with Crippen LogP contribution in [0.4, 0.5) is 0 Å². The minimum Gasteiger partial charge on any atom is -0.457 e. The minimum absolute atomic E-state index is 0. The molecule has 0 saturated carbocycles. The molecule has 0 unspecified atom stereocenters. The van der Waals surface area contributed by atoms with Crippen LogP contribution in [-0.2, 0) is 0 Å². The molecule has 1 heteroatoms. The van der Waals surface area contributed by atoms with Gasteiger partial charge in [-0.3, -0.25) is 0 Å². The fourth-order valence-electron chi connectivity index (χ4n) is 1.23. The molecule has 0 heterocycles. The molecule has 15 heavy (non-hydrogen) atoms. The van der Waals surface area contributed by atoms with Crippen LogP contribution in [0.3, 0.4) is 0 Å². The Morgan fingerprint density at radius 2 is 1.27 bits per heavy atom. The molecule has 0 aliphatic carbocycles. The molecule has 2 rings (SSSR count). The standard InChI is InChI=1S/C13H12O.CH4/c1-11-7-9-13(10-8-11)14-12-5-3-2-4-6-12;/h2-10H,1H3;1H4. The summed E-state index contributed by atoms with van der Waals surface area (Å²) in [6.07, 6.45) is 0. The zero-order valence-electron chi connectivity index (χ0n) is 8.10. The lowest BCUT2D eigenvalue weighted by atomic mass is 10.2. The van der Waals surface area contributed by atoms with Gasteiger partial charge in [-0.1, -0.05) is 43.3 Å². The van der Waals surface area contributed by atoms with Crippen LogP contribution in [0.25, 0.3) is 0 Å². The van der Waals surface area contributed by atoms with Crippen LogP contribution in [0.1, 0.15) is 13.0 Å². The smallest absolute Gasteiger partial charge is 0.127 e. The van der Waals surface area contributed by atoms with Gasteiger partial charge in [0.2, 0.25) is 0 Å². The molecule has 0 spiro atoms. The predicted molar refractivity (Wildman–Crippen MR) is 64.4 cm³/mol. The molecule has 0 amide bonds. The van der Waals surface area contributed by atoms with Gasteiger partial charge >= 0.3 is 0 Å². The molecule has 78 valence electrons. The van der Waals surface area contributed by atoms with E-state index in [4.69, 9.17) is 4.74 Å². The zero-order chi connectivity index (χ0) is 9.80. The SMILES string of the molecule is C.Cc1ccc(Oc2ccccc2)cc1. The largest absolute Gasteiger partial charge is 0.457 e. The molecule has 2 aromatic rings. The highest BCUT2D eigenvalue weighted by Crippen LogP contribution is 2.20. The summed E-state index contributed by atoms with van der Waals surface area (Å²) in [7, 11) is 0. The van der Waals surface area contributed by atoms with E-state index >= 15 is 0 Å². The van der Waals surface area contributed by atoms with Crippen molar-refractivity contribution in [2.45, 2.75) is 14.4 Å². The van der Waals surface area contributed by atoms with Gasteiger partial charge in [0, 0.05) is 0 Å². The number of aryl methyl sites for hydroxylation is 1. The van der Waals surface area contributed by atoms with Crippen LogP contribution in [-0.4, -0.2) is 0 Å². The van der Waals surface area contributed by atoms with E-state index in [1.54, 1.807) is 0 Å². The normalized spacial score (nSPS) is 9.13. The fraction of sp³-hybridized carbons (Fsp3) is 0.143. The molecule has 0 N–H and O–H groups in total. The second kappa shape index (κ2) is 5.20. The van der Waals surface area contributed by atoms with E-state index < -0.39 is 0 Å². The lowest BCUT2D eigenvalue weighted by Crippen LogP contribution is -1.82. The maximum Gasteiger partial charge on any atom is 0.127 e. The van der Waals surface area contributed by atoms with Crippen molar-refractivity contribution < 1.29 is 4.74 Å². The Bertz CT molecular complexity index is 389. The molecule has 0 atom stereocenters. The predicted octanol–water partition coefficient (Wildman–Crippen LogP) is 4.42. The van der Waals surface area contributed by atoms with E-state index in [0.29, 0.717) is 0 Å². The van der Waals surface area contributed by atoms with Gasteiger partial charge in [-0.05, 0) is 31.2 Å². The van der Waals surface area contributed by atoms with E-state index in [-0.39, 0.29) is 7.43 Å². The van der Waals surface area contributed by atoms with Gasteiger partial charge in [0.05, 0.1) is 0 Å². The molecule has 0 radical (unpaired) electrons. The monoisotopic (exact) mass is 200 g/mol. The summed E-state index contributed by atoms with van der Waals surface area (Å²) in [5.41, 5.74) is 1.24. The second-order valence-electron chi connectivity index (χ2n) is 3.23. The lowest BCUT2D eigenvalue weighted by Gasteiger charge is -2.04. The van der Waals surface area contributed by atoms with Crippen molar-refractivity contribution in [3.63, 3.8) is 0 Å². The second-order valence-corrected chi connectivity index (χ2v) is 3.23. The molecular formula is C14H16O. The maximum atomic E-state index is 5.63. The van der Waals surface area contributed by atoms with Crippen molar-refractivity contribution in [2.75, 3.05) is 0 Å². The molecule has 0 fully saturated rings. The number of hydrogen-bond acceptors (Lipinski definition) is 1. The first-order valence-electron chi connectivity index (χ1n) is 4.64. The molecule has 1 nitrogen and oxygen atoms in total. The van der Waals surface area contributed by atoms with Crippen molar-refractivity contribution >= 4 is 0 Å². The van der Waals surface area contributed by atoms with Crippen LogP contribution in [0.2, 0.25) is 0 Å². The van der Waals surface area contributed by atoms with E-state index in [9.17, 15) is 0 Å². The highest BCUT2D eigenvalue weighted by Gasteiger charge is 1.94. The Morgan fingerprint density at radius 3 is 1.87 bits per heavy atom. The molecule has 0 aliphatic heterocycles. The first-order chi connectivity index (χ1) is 6.84. The first kappa shape index (κ1) is 11.3. The molecule has 0 aliphatic rings. The van der Waals surface area contributed by atoms with Gasteiger partial charge in [-0.2, -0.15) is 0 Å². The number of ether oxygens (including phenoxy) is 1. The average molecular weight is 200 g/mol. The van der Waals surface area contributed by atoms with Gasteiger partial charge in [0.15, 0.2) is 0 Å². The third-order valence-corrected chi connectivity index (χ3v) is 2.00. The van der Waals surface area contributed by atoms with Crippen molar-refractivity contribution in [2.24, 2.45) is 0 Å². The molecular weight excluding hydrogens is 184 g/mol. The van der Waals surface area contributed by atoms with Crippen molar-refractivity contribution in [1.82, 2.24) is 0 Å². The first-order valence-corrected chi connectivity index (χ1v) is 4.64. The van der Waals surface area contributed by atoms with Crippen LogP contribution in [0, 0.1) is 6.92 Å². The van der Waals surface area contributed by atoms with Gasteiger partial charge < -0.3 is 4.74 Å². The van der Waals surface area contributed by atoms with Gasteiger partial charge in [0.1, 0.15) is 11.5 Å². The van der Waals surface area contributed by atoms with Crippen molar-refractivity contribution in [3.05, 3.63) is 60.2 Å². The van der Waals surface area contributed by atoms with Gasteiger partial charge in [0.25, 0.3) is 0 Å². The summed E-state index contributed by atoms with van der Waals surface area (Å²) >= 11 is 0. The van der Waals surface area contributed by atoms with Crippen molar-refractivity contribution in [1.29, 1.82) is 0 Å². The summed E-state index contributed by atoms with van der Waals surface area (Å²) in [6.45, 7) is 2.06. The third kappa shape index (κ3) is 3.13. The van der Waals surface area contributed by atoms with E-state index in [1.807, 2.05) is 54.6 Å². The third-order valence-electron chi connectivity index (χ3n) is 2.00. The average Bonchev–Trinajstić information content (AvgIpc) is 2.23. The van der Waals surface area contributed by atoms with Gasteiger partial charge in [-0.25, -0.2) is 0 Å². The number of hydrogen-bond donors (Lipinski definition) is 0. The highest BCUT2D eigenvalue weighted by molar-refractivity contribution is 5.32. The minimum atomic E-state index is 0. The topological polar surface area (TPSA) is 9.23 Å². The fourth-order valence-corrected chi connectivity index (χ4v) is 1.23. The van der Waals surface area contributed by atoms with E-state index in [1.165, 1.54) is 5.56 Å². The quantitative estimate of drug-likeness (QED) is 0.697. The molecule has 0 aromatic heterocycles. The Hall–Kier alpha value is -1.76. The summed E-state index contributed by atoms with van der Waals surface area (Å²) < 4.78 is 5.63. The lowest BCUT2D eigenvalue weighted by molar-refractivity contribution is 0.482. The van der Waals surface area contributed by atoms with E-state index in [2.05, 4.69) is 6.92 Å². The zero-order valence-corrected chi connectivity index (χ0v) is 8.10. The summed E-state index contributed by atoms with van der Waals surface area (Å²) in [6, 6.07) is 17.8. The summed E-state index contributed by atoms with van der Waals surface area (Å²) in [4.78, 5) is 0. The van der Waals surface area contributed by atoms with Crippen molar-refractivity contribution in [3.8, 4) is 11.5 Å². The van der Waals surface area contributed by atoms with Crippen LogP contribution >= 0.6 is 0 Å². The van der Waals surface area contributed by atoms with Crippen LogP contribution in [0.5, 0.6) is 11.5 Å². The summed E-state index contributed by atoms with van der Waals surface area (Å²) in [5.74, 6) is 1.75. The molecule has 0 bridgehead atoms. The van der Waals surface area contributed by atoms with Gasteiger partial charge in [-0.15, -0.1) is 0 Å². The Morgan fingerprint density at radius 1 is 0.733 bits per heavy atom. The highest BCUT2D eigenvalue weighted by atomic mass is 16.5. The maximum absolute atomic E-state index is 5.63. The molecule has 0 saturated heterocycles. The molecule has 2 aromatic carbocycles. The summed E-state index contributed by atoms with van der Waals surface area (Å²) in [5, 5.41) is 0. The number of rotatable bonds is 2.